The number of methoxy groups -OCH3 is 1. The molecule has 2 saturated carbocycles. The molecule has 2 atom stereocenters. The van der Waals surface area contributed by atoms with E-state index in [0.717, 1.165) is 24.0 Å². The summed E-state index contributed by atoms with van der Waals surface area (Å²) in [6, 6.07) is 9.87. The van der Waals surface area contributed by atoms with E-state index in [4.69, 9.17) is 4.74 Å². The number of carbonyl (C=O) groups excluding carboxylic acids is 2. The Morgan fingerprint density at radius 1 is 1.24 bits per heavy atom. The summed E-state index contributed by atoms with van der Waals surface area (Å²) in [5.41, 5.74) is 1.69. The third-order valence-corrected chi connectivity index (χ3v) is 6.39. The third-order valence-electron chi connectivity index (χ3n) is 6.39. The van der Waals surface area contributed by atoms with Crippen molar-refractivity contribution in [3.05, 3.63) is 53.1 Å². The van der Waals surface area contributed by atoms with Crippen LogP contribution in [0.4, 0.5) is 0 Å². The Morgan fingerprint density at radius 3 is 2.44 bits per heavy atom. The first-order chi connectivity index (χ1) is 11.8. The lowest BCUT2D eigenvalue weighted by Crippen LogP contribution is -2.35. The molecule has 0 spiro atoms. The molecular weight excluding hydrogens is 312 g/mol. The maximum atomic E-state index is 12.8. The molecule has 0 aliphatic heterocycles. The van der Waals surface area contributed by atoms with Gasteiger partial charge < -0.3 is 4.74 Å². The number of hydrogen-bond acceptors (Lipinski definition) is 3. The van der Waals surface area contributed by atoms with Crippen molar-refractivity contribution in [2.75, 3.05) is 7.11 Å². The molecule has 2 aliphatic rings. The molecule has 3 nitrogen and oxygen atoms in total. The standard InChI is InChI=1S/C22H26O3/c1-15(12-16-8-6-5-7-9-16)18(20(24)25-4)14-22-11-10-17(13-19(22)23)21(22,2)3/h5-9,12,14,17H,10-11,13H2,1-4H3/b15-12+,18-14?. The molecule has 1 aromatic carbocycles. The molecule has 2 bridgehead atoms. The predicted octanol–water partition coefficient (Wildman–Crippen LogP) is 4.58. The van der Waals surface area contributed by atoms with Gasteiger partial charge in [0, 0.05) is 6.42 Å². The number of ketones is 1. The molecule has 0 heterocycles. The van der Waals surface area contributed by atoms with Crippen molar-refractivity contribution in [3.8, 4) is 0 Å². The van der Waals surface area contributed by atoms with Gasteiger partial charge in [-0.05, 0) is 42.2 Å². The van der Waals surface area contributed by atoms with Crippen LogP contribution in [0.3, 0.4) is 0 Å². The number of carbonyl (C=O) groups is 2. The van der Waals surface area contributed by atoms with Crippen molar-refractivity contribution in [3.63, 3.8) is 0 Å². The van der Waals surface area contributed by atoms with Crippen LogP contribution in [0.2, 0.25) is 0 Å². The summed E-state index contributed by atoms with van der Waals surface area (Å²) in [5, 5.41) is 0. The molecule has 0 saturated heterocycles. The maximum Gasteiger partial charge on any atom is 0.337 e. The molecule has 0 N–H and O–H groups in total. The van der Waals surface area contributed by atoms with E-state index in [1.54, 1.807) is 0 Å². The molecule has 1 aromatic rings. The van der Waals surface area contributed by atoms with Crippen molar-refractivity contribution in [1.82, 2.24) is 0 Å². The maximum absolute atomic E-state index is 12.8. The number of hydrogen-bond donors (Lipinski definition) is 0. The van der Waals surface area contributed by atoms with Gasteiger partial charge in [-0.1, -0.05) is 56.3 Å². The van der Waals surface area contributed by atoms with Crippen LogP contribution in [-0.2, 0) is 14.3 Å². The fourth-order valence-electron chi connectivity index (χ4n) is 4.62. The van der Waals surface area contributed by atoms with Gasteiger partial charge in [-0.15, -0.1) is 0 Å². The Hall–Kier alpha value is -2.16. The summed E-state index contributed by atoms with van der Waals surface area (Å²) in [6.07, 6.45) is 6.38. The summed E-state index contributed by atoms with van der Waals surface area (Å²) in [4.78, 5) is 25.3. The first kappa shape index (κ1) is 17.7. The molecule has 2 fully saturated rings. The van der Waals surface area contributed by atoms with E-state index in [1.807, 2.05) is 49.4 Å². The second-order valence-corrected chi connectivity index (χ2v) is 7.84. The van der Waals surface area contributed by atoms with E-state index in [1.165, 1.54) is 7.11 Å². The smallest absolute Gasteiger partial charge is 0.337 e. The second-order valence-electron chi connectivity index (χ2n) is 7.84. The van der Waals surface area contributed by atoms with Crippen LogP contribution in [0.1, 0.15) is 45.6 Å². The first-order valence-electron chi connectivity index (χ1n) is 8.90. The quantitative estimate of drug-likeness (QED) is 0.458. The number of esters is 1. The number of ether oxygens (including phenoxy) is 1. The molecule has 0 amide bonds. The van der Waals surface area contributed by atoms with Crippen molar-refractivity contribution in [2.24, 2.45) is 16.7 Å². The summed E-state index contributed by atoms with van der Waals surface area (Å²) >= 11 is 0. The van der Waals surface area contributed by atoms with E-state index in [2.05, 4.69) is 13.8 Å². The van der Waals surface area contributed by atoms with Gasteiger partial charge in [-0.25, -0.2) is 4.79 Å². The summed E-state index contributed by atoms with van der Waals surface area (Å²) < 4.78 is 5.03. The van der Waals surface area contributed by atoms with Gasteiger partial charge in [0.1, 0.15) is 5.78 Å². The topological polar surface area (TPSA) is 43.4 Å². The first-order valence-corrected chi connectivity index (χ1v) is 8.90. The molecule has 25 heavy (non-hydrogen) atoms. The van der Waals surface area contributed by atoms with Gasteiger partial charge in [0.2, 0.25) is 0 Å². The van der Waals surface area contributed by atoms with Crippen LogP contribution in [0.5, 0.6) is 0 Å². The lowest BCUT2D eigenvalue weighted by atomic mass is 9.67. The van der Waals surface area contributed by atoms with Crippen molar-refractivity contribution < 1.29 is 14.3 Å². The Balaban J connectivity index is 2.08. The molecule has 2 aliphatic carbocycles. The molecule has 0 aromatic heterocycles. The summed E-state index contributed by atoms with van der Waals surface area (Å²) in [5.74, 6) is 0.300. The molecule has 132 valence electrons. The molecule has 3 rings (SSSR count). The molecular formula is C22H26O3. The highest BCUT2D eigenvalue weighted by Crippen LogP contribution is 2.65. The van der Waals surface area contributed by atoms with Crippen LogP contribution >= 0.6 is 0 Å². The zero-order valence-electron chi connectivity index (χ0n) is 15.5. The minimum atomic E-state index is -0.549. The van der Waals surface area contributed by atoms with E-state index in [9.17, 15) is 9.59 Å². The lowest BCUT2D eigenvalue weighted by Gasteiger charge is -2.34. The Labute approximate surface area is 149 Å². The molecule has 0 radical (unpaired) electrons. The molecule has 3 heteroatoms. The van der Waals surface area contributed by atoms with E-state index >= 15 is 0 Å². The van der Waals surface area contributed by atoms with Crippen LogP contribution < -0.4 is 0 Å². The fourth-order valence-corrected chi connectivity index (χ4v) is 4.62. The van der Waals surface area contributed by atoms with Gasteiger partial charge >= 0.3 is 5.97 Å². The minimum Gasteiger partial charge on any atom is -0.465 e. The summed E-state index contributed by atoms with van der Waals surface area (Å²) in [6.45, 7) is 6.24. The van der Waals surface area contributed by atoms with Gasteiger partial charge in [0.25, 0.3) is 0 Å². The highest BCUT2D eigenvalue weighted by atomic mass is 16.5. The van der Waals surface area contributed by atoms with E-state index < -0.39 is 5.41 Å². The number of Topliss-reactive ketones (excluding diaryl/α,β-unsaturated/α-hetero) is 1. The Kier molecular flexibility index (Phi) is 4.44. The number of fused-ring (bicyclic) bond motifs is 2. The van der Waals surface area contributed by atoms with Crippen molar-refractivity contribution in [1.29, 1.82) is 0 Å². The molecule has 2 unspecified atom stereocenters. The Morgan fingerprint density at radius 2 is 1.92 bits per heavy atom. The summed E-state index contributed by atoms with van der Waals surface area (Å²) in [7, 11) is 1.39. The SMILES string of the molecule is COC(=O)C(=CC12CCC(CC1=O)C2(C)C)/C(C)=C/c1ccccc1. The zero-order valence-corrected chi connectivity index (χ0v) is 15.5. The highest BCUT2D eigenvalue weighted by Gasteiger charge is 2.63. The second kappa shape index (κ2) is 6.29. The lowest BCUT2D eigenvalue weighted by molar-refractivity contribution is -0.135. The average molecular weight is 338 g/mol. The number of benzene rings is 1. The van der Waals surface area contributed by atoms with Crippen molar-refractivity contribution in [2.45, 2.75) is 40.0 Å². The van der Waals surface area contributed by atoms with E-state index in [0.29, 0.717) is 17.9 Å². The monoisotopic (exact) mass is 338 g/mol. The normalized spacial score (nSPS) is 28.3. The fraction of sp³-hybridized carbons (Fsp3) is 0.455. The van der Waals surface area contributed by atoms with Crippen LogP contribution in [0, 0.1) is 16.7 Å². The third kappa shape index (κ3) is 2.76. The largest absolute Gasteiger partial charge is 0.465 e. The number of allylic oxidation sites excluding steroid dienone is 1. The van der Waals surface area contributed by atoms with E-state index in [-0.39, 0.29) is 17.2 Å². The minimum absolute atomic E-state index is 0.115. The predicted molar refractivity (Wildman–Crippen MR) is 98.8 cm³/mol. The van der Waals surface area contributed by atoms with Gasteiger partial charge in [0.15, 0.2) is 0 Å². The Bertz CT molecular complexity index is 755. The zero-order chi connectivity index (χ0) is 18.2. The number of rotatable bonds is 4. The van der Waals surface area contributed by atoms with Gasteiger partial charge in [-0.2, -0.15) is 0 Å². The average Bonchev–Trinajstić information content (AvgIpc) is 2.94. The highest BCUT2D eigenvalue weighted by molar-refractivity contribution is 5.98. The van der Waals surface area contributed by atoms with Gasteiger partial charge in [-0.3, -0.25) is 4.79 Å². The van der Waals surface area contributed by atoms with Crippen LogP contribution in [-0.4, -0.2) is 18.9 Å². The van der Waals surface area contributed by atoms with Crippen LogP contribution in [0.15, 0.2) is 47.6 Å². The van der Waals surface area contributed by atoms with Gasteiger partial charge in [0.05, 0.1) is 18.1 Å². The van der Waals surface area contributed by atoms with Crippen molar-refractivity contribution >= 4 is 17.8 Å². The van der Waals surface area contributed by atoms with Crippen LogP contribution in [0.25, 0.3) is 6.08 Å².